The summed E-state index contributed by atoms with van der Waals surface area (Å²) in [6.07, 6.45) is 3.35. The molecule has 6 nitrogen and oxygen atoms in total. The molecule has 0 aliphatic carbocycles. The normalized spacial score (nSPS) is 10.2. The first-order valence-corrected chi connectivity index (χ1v) is 6.28. The minimum atomic E-state index is 0.605. The van der Waals surface area contributed by atoms with E-state index in [1.165, 1.54) is 11.2 Å². The van der Waals surface area contributed by atoms with Crippen molar-refractivity contribution in [2.45, 2.75) is 13.5 Å². The molecule has 7 heteroatoms. The van der Waals surface area contributed by atoms with Crippen molar-refractivity contribution in [2.24, 2.45) is 0 Å². The van der Waals surface area contributed by atoms with Crippen molar-refractivity contribution >= 4 is 23.0 Å². The number of hydrogen-bond donors (Lipinski definition) is 2. The number of anilines is 2. The smallest absolute Gasteiger partial charge is 0.204 e. The van der Waals surface area contributed by atoms with Crippen molar-refractivity contribution in [1.82, 2.24) is 15.0 Å². The molecule has 2 rings (SSSR count). The zero-order valence-corrected chi connectivity index (χ0v) is 11.3. The first kappa shape index (κ1) is 12.6. The monoisotopic (exact) mass is 265 g/mol. The Bertz CT molecular complexity index is 528. The molecule has 2 N–H and O–H groups in total. The molecule has 0 atom stereocenters. The number of rotatable bonds is 5. The molecule has 2 aromatic rings. The number of hydrogen-bond acceptors (Lipinski definition) is 7. The SMILES string of the molecule is CNc1ncnc(NCc2ncc(C)s2)c1OC. The minimum absolute atomic E-state index is 0.605. The van der Waals surface area contributed by atoms with Crippen LogP contribution in [0.5, 0.6) is 5.75 Å². The van der Waals surface area contributed by atoms with Crippen LogP contribution in [0.15, 0.2) is 12.5 Å². The Balaban J connectivity index is 2.13. The molecule has 0 bridgehead atoms. The quantitative estimate of drug-likeness (QED) is 0.860. The van der Waals surface area contributed by atoms with Gasteiger partial charge in [0, 0.05) is 18.1 Å². The van der Waals surface area contributed by atoms with Crippen molar-refractivity contribution in [3.63, 3.8) is 0 Å². The van der Waals surface area contributed by atoms with E-state index < -0.39 is 0 Å². The second kappa shape index (κ2) is 5.63. The lowest BCUT2D eigenvalue weighted by atomic mass is 10.4. The largest absolute Gasteiger partial charge is 0.490 e. The van der Waals surface area contributed by atoms with Gasteiger partial charge in [0.05, 0.1) is 13.7 Å². The van der Waals surface area contributed by atoms with Crippen LogP contribution in [0.25, 0.3) is 0 Å². The molecule has 0 fully saturated rings. The highest BCUT2D eigenvalue weighted by molar-refractivity contribution is 7.11. The lowest BCUT2D eigenvalue weighted by molar-refractivity contribution is 0.415. The summed E-state index contributed by atoms with van der Waals surface area (Å²) in [6.45, 7) is 2.65. The van der Waals surface area contributed by atoms with E-state index in [-0.39, 0.29) is 0 Å². The molecular formula is C11H15N5OS. The molecule has 2 heterocycles. The number of aryl methyl sites for hydroxylation is 1. The number of nitrogens with zero attached hydrogens (tertiary/aromatic N) is 3. The number of ether oxygens (including phenoxy) is 1. The molecule has 0 aliphatic heterocycles. The first-order valence-electron chi connectivity index (χ1n) is 5.46. The molecule has 0 spiro atoms. The predicted octanol–water partition coefficient (Wildman–Crippen LogP) is 1.90. The summed E-state index contributed by atoms with van der Waals surface area (Å²) in [5, 5.41) is 7.17. The van der Waals surface area contributed by atoms with Gasteiger partial charge in [-0.2, -0.15) is 0 Å². The van der Waals surface area contributed by atoms with Crippen LogP contribution in [0, 0.1) is 6.92 Å². The van der Waals surface area contributed by atoms with E-state index in [2.05, 4.69) is 25.6 Å². The number of nitrogens with one attached hydrogen (secondary N) is 2. The van der Waals surface area contributed by atoms with Crippen LogP contribution in [-0.4, -0.2) is 29.1 Å². The number of thiazole rings is 1. The lowest BCUT2D eigenvalue weighted by Crippen LogP contribution is -2.06. The Kier molecular flexibility index (Phi) is 3.93. The maximum atomic E-state index is 5.29. The Morgan fingerprint density at radius 1 is 1.28 bits per heavy atom. The van der Waals surface area contributed by atoms with Crippen molar-refractivity contribution in [3.8, 4) is 5.75 Å². The maximum absolute atomic E-state index is 5.29. The first-order chi connectivity index (χ1) is 8.74. The molecule has 0 aliphatic rings. The zero-order chi connectivity index (χ0) is 13.0. The van der Waals surface area contributed by atoms with Gasteiger partial charge in [-0.15, -0.1) is 11.3 Å². The molecule has 0 amide bonds. The fourth-order valence-corrected chi connectivity index (χ4v) is 2.24. The molecule has 0 saturated carbocycles. The second-order valence-corrected chi connectivity index (χ2v) is 4.89. The van der Waals surface area contributed by atoms with E-state index >= 15 is 0 Å². The Hall–Kier alpha value is -1.89. The molecule has 0 aromatic carbocycles. The summed E-state index contributed by atoms with van der Waals surface area (Å²) in [5.41, 5.74) is 0. The van der Waals surface area contributed by atoms with Gasteiger partial charge in [-0.05, 0) is 6.92 Å². The third-order valence-corrected chi connectivity index (χ3v) is 3.23. The van der Waals surface area contributed by atoms with Gasteiger partial charge in [0.1, 0.15) is 11.3 Å². The van der Waals surface area contributed by atoms with Crippen LogP contribution in [0.3, 0.4) is 0 Å². The van der Waals surface area contributed by atoms with Gasteiger partial charge in [0.2, 0.25) is 5.75 Å². The lowest BCUT2D eigenvalue weighted by Gasteiger charge is -2.11. The van der Waals surface area contributed by atoms with E-state index in [0.717, 1.165) is 5.01 Å². The van der Waals surface area contributed by atoms with Gasteiger partial charge in [0.25, 0.3) is 0 Å². The highest BCUT2D eigenvalue weighted by Crippen LogP contribution is 2.28. The van der Waals surface area contributed by atoms with Crippen molar-refractivity contribution in [3.05, 3.63) is 22.4 Å². The average Bonchev–Trinajstić information content (AvgIpc) is 2.81. The van der Waals surface area contributed by atoms with Crippen molar-refractivity contribution < 1.29 is 4.74 Å². The Morgan fingerprint density at radius 3 is 2.67 bits per heavy atom. The van der Waals surface area contributed by atoms with Crippen LogP contribution in [-0.2, 0) is 6.54 Å². The van der Waals surface area contributed by atoms with Crippen LogP contribution in [0.1, 0.15) is 9.88 Å². The van der Waals surface area contributed by atoms with Crippen LogP contribution in [0.2, 0.25) is 0 Å². The highest BCUT2D eigenvalue weighted by atomic mass is 32.1. The van der Waals surface area contributed by atoms with Gasteiger partial charge >= 0.3 is 0 Å². The van der Waals surface area contributed by atoms with E-state index in [4.69, 9.17) is 4.74 Å². The molecule has 2 aromatic heterocycles. The molecule has 0 unspecified atom stereocenters. The van der Waals surface area contributed by atoms with Crippen molar-refractivity contribution in [2.75, 3.05) is 24.8 Å². The van der Waals surface area contributed by atoms with Crippen molar-refractivity contribution in [1.29, 1.82) is 0 Å². The van der Waals surface area contributed by atoms with Crippen LogP contribution in [0.4, 0.5) is 11.6 Å². The van der Waals surface area contributed by atoms with Gasteiger partial charge < -0.3 is 15.4 Å². The van der Waals surface area contributed by atoms with E-state index in [1.807, 2.05) is 13.1 Å². The molecular weight excluding hydrogens is 250 g/mol. The topological polar surface area (TPSA) is 72.0 Å². The maximum Gasteiger partial charge on any atom is 0.204 e. The zero-order valence-electron chi connectivity index (χ0n) is 10.5. The third-order valence-electron chi connectivity index (χ3n) is 2.32. The van der Waals surface area contributed by atoms with Crippen LogP contribution < -0.4 is 15.4 Å². The molecule has 0 saturated heterocycles. The summed E-state index contributed by atoms with van der Waals surface area (Å²) in [7, 11) is 3.39. The van der Waals surface area contributed by atoms with E-state index in [1.54, 1.807) is 25.5 Å². The van der Waals surface area contributed by atoms with Gasteiger partial charge in [-0.3, -0.25) is 0 Å². The van der Waals surface area contributed by atoms with Crippen LogP contribution >= 0.6 is 11.3 Å². The summed E-state index contributed by atoms with van der Waals surface area (Å²) in [4.78, 5) is 13.7. The average molecular weight is 265 g/mol. The summed E-state index contributed by atoms with van der Waals surface area (Å²) in [5.74, 6) is 1.92. The molecule has 0 radical (unpaired) electrons. The predicted molar refractivity (Wildman–Crippen MR) is 72.3 cm³/mol. The standard InChI is InChI=1S/C11H15N5OS/c1-7-4-13-8(18-7)5-14-11-9(17-3)10(12-2)15-6-16-11/h4,6H,5H2,1-3H3,(H2,12,14,15,16). The fraction of sp³-hybridized carbons (Fsp3) is 0.364. The van der Waals surface area contributed by atoms with Gasteiger partial charge in [-0.1, -0.05) is 0 Å². The third kappa shape index (κ3) is 2.67. The summed E-state index contributed by atoms with van der Waals surface area (Å²) in [6, 6.07) is 0. The summed E-state index contributed by atoms with van der Waals surface area (Å²) >= 11 is 1.66. The molecule has 96 valence electrons. The van der Waals surface area contributed by atoms with E-state index in [9.17, 15) is 0 Å². The summed E-state index contributed by atoms with van der Waals surface area (Å²) < 4.78 is 5.29. The Labute approximate surface area is 109 Å². The molecule has 18 heavy (non-hydrogen) atoms. The fourth-order valence-electron chi connectivity index (χ4n) is 1.51. The van der Waals surface area contributed by atoms with E-state index in [0.29, 0.717) is 23.9 Å². The minimum Gasteiger partial charge on any atom is -0.490 e. The second-order valence-electron chi connectivity index (χ2n) is 3.57. The van der Waals surface area contributed by atoms with Gasteiger partial charge in [-0.25, -0.2) is 15.0 Å². The highest BCUT2D eigenvalue weighted by Gasteiger charge is 2.11. The number of methoxy groups -OCH3 is 1. The van der Waals surface area contributed by atoms with Gasteiger partial charge in [0.15, 0.2) is 11.6 Å². The number of aromatic nitrogens is 3. The Morgan fingerprint density at radius 2 is 2.06 bits per heavy atom.